The first-order valence-corrected chi connectivity index (χ1v) is 18.7. The molecule has 0 saturated carbocycles. The van der Waals surface area contributed by atoms with Gasteiger partial charge in [-0.2, -0.15) is 0 Å². The van der Waals surface area contributed by atoms with Gasteiger partial charge in [-0.3, -0.25) is 14.2 Å². The van der Waals surface area contributed by atoms with Crippen LogP contribution in [-0.4, -0.2) is 57.1 Å². The molecule has 3 atom stereocenters. The number of hydrogen-bond donors (Lipinski definition) is 5. The Morgan fingerprint density at radius 1 is 0.833 bits per heavy atom. The molecular formula is C42H48N6O6. The van der Waals surface area contributed by atoms with Crippen LogP contribution < -0.4 is 22.1 Å². The van der Waals surface area contributed by atoms with Crippen LogP contribution in [0.5, 0.6) is 0 Å². The molecule has 4 aromatic carbocycles. The second kappa shape index (κ2) is 17.3. The van der Waals surface area contributed by atoms with Crippen molar-refractivity contribution in [3.05, 3.63) is 130 Å². The van der Waals surface area contributed by atoms with Crippen molar-refractivity contribution in [1.29, 1.82) is 0 Å². The molecule has 12 nitrogen and oxygen atoms in total. The number of aromatic nitrogens is 2. The molecule has 2 aliphatic heterocycles. The smallest absolute Gasteiger partial charge is 0.326 e. The van der Waals surface area contributed by atoms with E-state index in [0.29, 0.717) is 30.8 Å². The summed E-state index contributed by atoms with van der Waals surface area (Å²) < 4.78 is 15.1. The van der Waals surface area contributed by atoms with Crippen molar-refractivity contribution in [2.75, 3.05) is 30.7 Å². The molecule has 7 rings (SSSR count). The summed E-state index contributed by atoms with van der Waals surface area (Å²) in [6.45, 7) is 2.80. The van der Waals surface area contributed by atoms with E-state index >= 15 is 0 Å². The third-order valence-corrected chi connectivity index (χ3v) is 10.4. The van der Waals surface area contributed by atoms with Gasteiger partial charge < -0.3 is 40.8 Å². The quantitative estimate of drug-likeness (QED) is 0.0962. The zero-order valence-electron chi connectivity index (χ0n) is 30.3. The highest BCUT2D eigenvalue weighted by Gasteiger charge is 2.34. The SMILES string of the molecule is Nc1ccccc1NC(=O)CCCC(=O)NCc1ccc(C2OC(CN3CCC(n4c(=O)[nH]c5ccccc54)CC3)CC(c3ccc(CO)cc3)O2)cc1. The van der Waals surface area contributed by atoms with E-state index in [1.807, 2.05) is 77.4 Å². The zero-order chi connectivity index (χ0) is 37.4. The maximum Gasteiger partial charge on any atom is 0.326 e. The normalized spacial score (nSPS) is 19.5. The van der Waals surface area contributed by atoms with Gasteiger partial charge in [0, 0.05) is 57.0 Å². The van der Waals surface area contributed by atoms with Gasteiger partial charge >= 0.3 is 5.69 Å². The fourth-order valence-corrected chi connectivity index (χ4v) is 7.43. The molecule has 0 radical (unpaired) electrons. The summed E-state index contributed by atoms with van der Waals surface area (Å²) in [6.07, 6.45) is 2.43. The van der Waals surface area contributed by atoms with Gasteiger partial charge in [0.05, 0.1) is 41.2 Å². The molecule has 0 aliphatic carbocycles. The van der Waals surface area contributed by atoms with Crippen LogP contribution in [-0.2, 0) is 32.2 Å². The molecule has 6 N–H and O–H groups in total. The number of benzene rings is 4. The molecule has 5 aromatic rings. The fourth-order valence-electron chi connectivity index (χ4n) is 7.43. The van der Waals surface area contributed by atoms with Crippen molar-refractivity contribution in [1.82, 2.24) is 19.8 Å². The van der Waals surface area contributed by atoms with Crippen molar-refractivity contribution in [3.63, 3.8) is 0 Å². The number of aromatic amines is 1. The number of H-pyrrole nitrogens is 1. The molecule has 3 heterocycles. The van der Waals surface area contributed by atoms with E-state index in [4.69, 9.17) is 15.2 Å². The number of nitrogen functional groups attached to an aromatic ring is 1. The Morgan fingerprint density at radius 3 is 2.28 bits per heavy atom. The summed E-state index contributed by atoms with van der Waals surface area (Å²) in [5, 5.41) is 15.3. The number of para-hydroxylation sites is 4. The third kappa shape index (κ3) is 9.08. The number of likely N-dealkylation sites (tertiary alicyclic amines) is 1. The van der Waals surface area contributed by atoms with Crippen LogP contribution in [0.3, 0.4) is 0 Å². The molecule has 12 heteroatoms. The highest BCUT2D eigenvalue weighted by molar-refractivity contribution is 5.94. The molecule has 3 unspecified atom stereocenters. The number of amides is 2. The van der Waals surface area contributed by atoms with E-state index in [1.54, 1.807) is 24.3 Å². The largest absolute Gasteiger partial charge is 0.397 e. The number of carbonyl (C=O) groups excluding carboxylic acids is 2. The molecule has 2 amide bonds. The predicted molar refractivity (Wildman–Crippen MR) is 207 cm³/mol. The van der Waals surface area contributed by atoms with Crippen LogP contribution in [0.4, 0.5) is 11.4 Å². The van der Waals surface area contributed by atoms with Gasteiger partial charge in [-0.15, -0.1) is 0 Å². The lowest BCUT2D eigenvalue weighted by Crippen LogP contribution is -2.43. The molecule has 2 fully saturated rings. The Balaban J connectivity index is 0.934. The predicted octanol–water partition coefficient (Wildman–Crippen LogP) is 5.71. The monoisotopic (exact) mass is 732 g/mol. The number of aliphatic hydroxyl groups is 1. The van der Waals surface area contributed by atoms with Gasteiger partial charge in [0.2, 0.25) is 11.8 Å². The van der Waals surface area contributed by atoms with E-state index in [-0.39, 0.29) is 55.2 Å². The number of piperidine rings is 1. The van der Waals surface area contributed by atoms with Gasteiger partial charge in [-0.05, 0) is 60.2 Å². The number of aliphatic hydroxyl groups excluding tert-OH is 1. The standard InChI is InChI=1S/C42H48N6O6/c43-34-6-1-2-7-35(34)45-40(51)11-5-10-39(50)44-25-28-12-18-31(19-13-28)41-53-33(24-38(54-41)30-16-14-29(27-49)15-17-30)26-47-22-20-32(21-23-47)48-37-9-4-3-8-36(37)46-42(48)52/h1-4,6-9,12-19,32-33,38,41,49H,5,10-11,20-27,43H2,(H,44,50)(H,45,51)(H,46,52). The Labute approximate surface area is 314 Å². The average molecular weight is 733 g/mol. The lowest BCUT2D eigenvalue weighted by molar-refractivity contribution is -0.253. The van der Waals surface area contributed by atoms with Crippen molar-refractivity contribution in [2.24, 2.45) is 0 Å². The zero-order valence-corrected chi connectivity index (χ0v) is 30.3. The number of rotatable bonds is 13. The summed E-state index contributed by atoms with van der Waals surface area (Å²) in [7, 11) is 0. The number of carbonyl (C=O) groups is 2. The van der Waals surface area contributed by atoms with Gasteiger partial charge in [0.1, 0.15) is 0 Å². The van der Waals surface area contributed by atoms with Crippen molar-refractivity contribution >= 4 is 34.2 Å². The number of ether oxygens (including phenoxy) is 2. The lowest BCUT2D eigenvalue weighted by atomic mass is 9.98. The summed E-state index contributed by atoms with van der Waals surface area (Å²) in [4.78, 5) is 43.1. The highest BCUT2D eigenvalue weighted by Crippen LogP contribution is 2.39. The summed E-state index contributed by atoms with van der Waals surface area (Å²) >= 11 is 0. The van der Waals surface area contributed by atoms with Gasteiger partial charge in [0.15, 0.2) is 6.29 Å². The number of nitrogens with one attached hydrogen (secondary N) is 3. The van der Waals surface area contributed by atoms with Crippen LogP contribution in [0.2, 0.25) is 0 Å². The molecule has 0 bridgehead atoms. The second-order valence-electron chi connectivity index (χ2n) is 14.2. The van der Waals surface area contributed by atoms with Crippen LogP contribution in [0, 0.1) is 0 Å². The fraction of sp³-hybridized carbons (Fsp3) is 0.357. The molecule has 1 aromatic heterocycles. The number of anilines is 2. The first-order valence-electron chi connectivity index (χ1n) is 18.7. The minimum Gasteiger partial charge on any atom is -0.397 e. The van der Waals surface area contributed by atoms with E-state index < -0.39 is 6.29 Å². The maximum atomic E-state index is 12.8. The molecular weight excluding hydrogens is 684 g/mol. The Morgan fingerprint density at radius 2 is 1.52 bits per heavy atom. The minimum absolute atomic E-state index is 0.0184. The first-order chi connectivity index (χ1) is 26.3. The second-order valence-corrected chi connectivity index (χ2v) is 14.2. The number of nitrogens with zero attached hydrogens (tertiary/aromatic N) is 2. The first kappa shape index (κ1) is 37.1. The molecule has 2 saturated heterocycles. The molecule has 0 spiro atoms. The van der Waals surface area contributed by atoms with Gasteiger partial charge in [-0.25, -0.2) is 4.79 Å². The topological polar surface area (TPSA) is 164 Å². The van der Waals surface area contributed by atoms with Gasteiger partial charge in [0.25, 0.3) is 0 Å². The Bertz CT molecular complexity index is 2090. The number of imidazole rings is 1. The summed E-state index contributed by atoms with van der Waals surface area (Å²) in [6, 6.07) is 30.8. The van der Waals surface area contributed by atoms with E-state index in [9.17, 15) is 19.5 Å². The lowest BCUT2D eigenvalue weighted by Gasteiger charge is -2.40. The van der Waals surface area contributed by atoms with Gasteiger partial charge in [-0.1, -0.05) is 72.8 Å². The molecule has 2 aliphatic rings. The van der Waals surface area contributed by atoms with E-state index in [1.165, 1.54) is 0 Å². The van der Waals surface area contributed by atoms with Crippen LogP contribution in [0.25, 0.3) is 11.0 Å². The van der Waals surface area contributed by atoms with Crippen LogP contribution >= 0.6 is 0 Å². The Kier molecular flexibility index (Phi) is 11.8. The van der Waals surface area contributed by atoms with Crippen LogP contribution in [0.15, 0.2) is 102 Å². The van der Waals surface area contributed by atoms with Crippen LogP contribution in [0.1, 0.15) is 79.2 Å². The summed E-state index contributed by atoms with van der Waals surface area (Å²) in [5.41, 5.74) is 12.4. The van der Waals surface area contributed by atoms with Crippen molar-refractivity contribution in [2.45, 2.75) is 76.2 Å². The third-order valence-electron chi connectivity index (χ3n) is 10.4. The molecule has 54 heavy (non-hydrogen) atoms. The van der Waals surface area contributed by atoms with Crippen molar-refractivity contribution < 1.29 is 24.2 Å². The van der Waals surface area contributed by atoms with Crippen molar-refractivity contribution in [3.8, 4) is 0 Å². The van der Waals surface area contributed by atoms with E-state index in [2.05, 4.69) is 20.5 Å². The minimum atomic E-state index is -0.588. The summed E-state index contributed by atoms with van der Waals surface area (Å²) in [5.74, 6) is -0.306. The maximum absolute atomic E-state index is 12.8. The Hall–Kier alpha value is -5.27. The average Bonchev–Trinajstić information content (AvgIpc) is 3.54. The number of nitrogens with two attached hydrogens (primary N) is 1. The van der Waals surface area contributed by atoms with E-state index in [0.717, 1.165) is 65.8 Å². The number of hydrogen-bond acceptors (Lipinski definition) is 8. The highest BCUT2D eigenvalue weighted by atomic mass is 16.7. The number of fused-ring (bicyclic) bond motifs is 1. The molecule has 282 valence electrons.